The first-order valence-corrected chi connectivity index (χ1v) is 9.16. The van der Waals surface area contributed by atoms with E-state index in [1.165, 1.54) is 0 Å². The molecule has 1 fully saturated rings. The maximum absolute atomic E-state index is 13.9. The standard InChI is InChI=1S/C11H15FN2O4S2/c1-8-6-9(12)11(7-10(8)13)20(17,18)14-2-4-19(15,16)5-3-14/h6-7H,2-5,13H2,1H3. The number of halogens is 1. The Balaban J connectivity index is 2.39. The zero-order valence-electron chi connectivity index (χ0n) is 10.8. The molecule has 112 valence electrons. The van der Waals surface area contributed by atoms with Crippen molar-refractivity contribution in [3.63, 3.8) is 0 Å². The summed E-state index contributed by atoms with van der Waals surface area (Å²) in [6.07, 6.45) is 0. The minimum absolute atomic E-state index is 0.169. The van der Waals surface area contributed by atoms with Gasteiger partial charge in [0.1, 0.15) is 10.7 Å². The van der Waals surface area contributed by atoms with Gasteiger partial charge in [-0.1, -0.05) is 0 Å². The fourth-order valence-corrected chi connectivity index (χ4v) is 4.90. The van der Waals surface area contributed by atoms with Crippen LogP contribution in [-0.2, 0) is 19.9 Å². The smallest absolute Gasteiger partial charge is 0.246 e. The molecule has 9 heteroatoms. The van der Waals surface area contributed by atoms with Gasteiger partial charge in [0.25, 0.3) is 0 Å². The number of nitrogens with two attached hydrogens (primary N) is 1. The fraction of sp³-hybridized carbons (Fsp3) is 0.455. The molecule has 0 bridgehead atoms. The lowest BCUT2D eigenvalue weighted by Crippen LogP contribution is -2.43. The number of sulfonamides is 1. The lowest BCUT2D eigenvalue weighted by molar-refractivity contribution is 0.426. The minimum Gasteiger partial charge on any atom is -0.398 e. The Kier molecular flexibility index (Phi) is 3.78. The van der Waals surface area contributed by atoms with Gasteiger partial charge in [-0.15, -0.1) is 0 Å². The Morgan fingerprint density at radius 3 is 2.35 bits per heavy atom. The largest absolute Gasteiger partial charge is 0.398 e. The van der Waals surface area contributed by atoms with E-state index < -0.39 is 30.6 Å². The molecule has 0 spiro atoms. The van der Waals surface area contributed by atoms with Crippen LogP contribution in [0.15, 0.2) is 17.0 Å². The zero-order chi connectivity index (χ0) is 15.1. The van der Waals surface area contributed by atoms with E-state index in [0.717, 1.165) is 16.4 Å². The minimum atomic E-state index is -4.07. The summed E-state index contributed by atoms with van der Waals surface area (Å²) >= 11 is 0. The first-order chi connectivity index (χ1) is 9.13. The molecule has 0 saturated carbocycles. The number of nitrogen functional groups attached to an aromatic ring is 1. The first-order valence-electron chi connectivity index (χ1n) is 5.90. The third kappa shape index (κ3) is 2.79. The van der Waals surface area contributed by atoms with Gasteiger partial charge in [0.15, 0.2) is 9.84 Å². The van der Waals surface area contributed by atoms with E-state index in [0.29, 0.717) is 5.56 Å². The van der Waals surface area contributed by atoms with Crippen molar-refractivity contribution >= 4 is 25.5 Å². The van der Waals surface area contributed by atoms with Gasteiger partial charge in [-0.3, -0.25) is 0 Å². The topological polar surface area (TPSA) is 97.5 Å². The van der Waals surface area contributed by atoms with Crippen molar-refractivity contribution in [2.75, 3.05) is 30.3 Å². The van der Waals surface area contributed by atoms with Crippen molar-refractivity contribution in [2.45, 2.75) is 11.8 Å². The molecular weight excluding hydrogens is 307 g/mol. The highest BCUT2D eigenvalue weighted by molar-refractivity contribution is 7.92. The monoisotopic (exact) mass is 322 g/mol. The van der Waals surface area contributed by atoms with Gasteiger partial charge in [0, 0.05) is 18.8 Å². The van der Waals surface area contributed by atoms with Crippen LogP contribution in [0.4, 0.5) is 10.1 Å². The number of sulfone groups is 1. The molecule has 1 aliphatic rings. The van der Waals surface area contributed by atoms with Gasteiger partial charge >= 0.3 is 0 Å². The Morgan fingerprint density at radius 2 is 1.80 bits per heavy atom. The van der Waals surface area contributed by atoms with Crippen molar-refractivity contribution in [3.8, 4) is 0 Å². The van der Waals surface area contributed by atoms with E-state index >= 15 is 0 Å². The van der Waals surface area contributed by atoms with Gasteiger partial charge in [0.2, 0.25) is 10.0 Å². The summed E-state index contributed by atoms with van der Waals surface area (Å²) in [6, 6.07) is 2.13. The van der Waals surface area contributed by atoms with Gasteiger partial charge in [0.05, 0.1) is 11.5 Å². The molecule has 1 aliphatic heterocycles. The SMILES string of the molecule is Cc1cc(F)c(S(=O)(=O)N2CCS(=O)(=O)CC2)cc1N. The van der Waals surface area contributed by atoms with E-state index in [1.807, 2.05) is 0 Å². The second kappa shape index (κ2) is 4.97. The molecule has 0 aromatic heterocycles. The van der Waals surface area contributed by atoms with Crippen LogP contribution in [0, 0.1) is 12.7 Å². The Hall–Kier alpha value is -1.19. The molecule has 0 radical (unpaired) electrons. The molecule has 2 rings (SSSR count). The van der Waals surface area contributed by atoms with Crippen LogP contribution in [0.5, 0.6) is 0 Å². The number of hydrogen-bond donors (Lipinski definition) is 1. The predicted octanol–water partition coefficient (Wildman–Crippen LogP) is 0.135. The van der Waals surface area contributed by atoms with Crippen LogP contribution in [-0.4, -0.2) is 45.7 Å². The molecule has 0 aliphatic carbocycles. The average molecular weight is 322 g/mol. The number of rotatable bonds is 2. The third-order valence-electron chi connectivity index (χ3n) is 3.24. The second-order valence-electron chi connectivity index (χ2n) is 4.70. The predicted molar refractivity (Wildman–Crippen MR) is 73.0 cm³/mol. The summed E-state index contributed by atoms with van der Waals surface area (Å²) in [5.41, 5.74) is 6.24. The lowest BCUT2D eigenvalue weighted by Gasteiger charge is -2.26. The maximum atomic E-state index is 13.9. The highest BCUT2D eigenvalue weighted by Gasteiger charge is 2.33. The molecular formula is C11H15FN2O4S2. The molecule has 1 saturated heterocycles. The summed E-state index contributed by atoms with van der Waals surface area (Å²) < 4.78 is 62.1. The van der Waals surface area contributed by atoms with E-state index in [2.05, 4.69) is 0 Å². The van der Waals surface area contributed by atoms with Crippen LogP contribution in [0.2, 0.25) is 0 Å². The molecule has 0 atom stereocenters. The molecule has 0 unspecified atom stereocenters. The molecule has 2 N–H and O–H groups in total. The van der Waals surface area contributed by atoms with Gasteiger partial charge in [-0.05, 0) is 24.6 Å². The zero-order valence-corrected chi connectivity index (χ0v) is 12.5. The molecule has 0 amide bonds. The summed E-state index contributed by atoms with van der Waals surface area (Å²) in [5, 5.41) is 0. The van der Waals surface area contributed by atoms with Gasteiger partial charge < -0.3 is 5.73 Å². The maximum Gasteiger partial charge on any atom is 0.246 e. The van der Waals surface area contributed by atoms with Crippen LogP contribution in [0.1, 0.15) is 5.56 Å². The normalized spacial score (nSPS) is 19.9. The van der Waals surface area contributed by atoms with Crippen molar-refractivity contribution in [1.29, 1.82) is 0 Å². The van der Waals surface area contributed by atoms with Crippen LogP contribution in [0.3, 0.4) is 0 Å². The number of nitrogens with zero attached hydrogens (tertiary/aromatic N) is 1. The van der Waals surface area contributed by atoms with Gasteiger partial charge in [-0.2, -0.15) is 4.31 Å². The quantitative estimate of drug-likeness (QED) is 0.781. The molecule has 1 aromatic carbocycles. The fourth-order valence-electron chi connectivity index (χ4n) is 1.94. The molecule has 20 heavy (non-hydrogen) atoms. The first kappa shape index (κ1) is 15.2. The Bertz CT molecular complexity index is 730. The van der Waals surface area contributed by atoms with Crippen molar-refractivity contribution < 1.29 is 21.2 Å². The number of benzene rings is 1. The van der Waals surface area contributed by atoms with Gasteiger partial charge in [-0.25, -0.2) is 21.2 Å². The number of hydrogen-bond acceptors (Lipinski definition) is 5. The summed E-state index contributed by atoms with van der Waals surface area (Å²) in [5.74, 6) is -1.39. The molecule has 1 heterocycles. The highest BCUT2D eigenvalue weighted by atomic mass is 32.2. The Labute approximate surface area is 117 Å². The number of aryl methyl sites for hydroxylation is 1. The lowest BCUT2D eigenvalue weighted by atomic mass is 10.2. The highest BCUT2D eigenvalue weighted by Crippen LogP contribution is 2.25. The van der Waals surface area contributed by atoms with E-state index in [-0.39, 0.29) is 30.3 Å². The van der Waals surface area contributed by atoms with Crippen LogP contribution < -0.4 is 5.73 Å². The van der Waals surface area contributed by atoms with E-state index in [1.54, 1.807) is 6.92 Å². The van der Waals surface area contributed by atoms with E-state index in [9.17, 15) is 21.2 Å². The van der Waals surface area contributed by atoms with Crippen molar-refractivity contribution in [3.05, 3.63) is 23.5 Å². The van der Waals surface area contributed by atoms with Crippen LogP contribution in [0.25, 0.3) is 0 Å². The number of anilines is 1. The molecule has 6 nitrogen and oxygen atoms in total. The average Bonchev–Trinajstić information content (AvgIpc) is 2.33. The second-order valence-corrected chi connectivity index (χ2v) is 8.91. The van der Waals surface area contributed by atoms with Crippen LogP contribution >= 0.6 is 0 Å². The third-order valence-corrected chi connectivity index (χ3v) is 6.76. The van der Waals surface area contributed by atoms with E-state index in [4.69, 9.17) is 5.73 Å². The molecule has 1 aromatic rings. The summed E-state index contributed by atoms with van der Waals surface area (Å²) in [7, 11) is -7.28. The summed E-state index contributed by atoms with van der Waals surface area (Å²) in [4.78, 5) is -0.514. The van der Waals surface area contributed by atoms with Crippen molar-refractivity contribution in [2.24, 2.45) is 0 Å². The Morgan fingerprint density at radius 1 is 1.25 bits per heavy atom. The van der Waals surface area contributed by atoms with Crippen molar-refractivity contribution in [1.82, 2.24) is 4.31 Å². The summed E-state index contributed by atoms with van der Waals surface area (Å²) in [6.45, 7) is 1.23.